The number of likely N-dealkylation sites (tertiary alicyclic amines) is 1. The zero-order chi connectivity index (χ0) is 18.5. The van der Waals surface area contributed by atoms with Gasteiger partial charge < -0.3 is 19.6 Å². The lowest BCUT2D eigenvalue weighted by Gasteiger charge is -2.30. The van der Waals surface area contributed by atoms with Crippen molar-refractivity contribution in [1.82, 2.24) is 4.90 Å². The van der Waals surface area contributed by atoms with E-state index in [4.69, 9.17) is 4.74 Å². The molecule has 0 radical (unpaired) electrons. The predicted octanol–water partition coefficient (Wildman–Crippen LogP) is 3.45. The molecule has 1 amide bonds. The van der Waals surface area contributed by atoms with E-state index < -0.39 is 0 Å². The van der Waals surface area contributed by atoms with Crippen molar-refractivity contribution in [1.29, 1.82) is 0 Å². The van der Waals surface area contributed by atoms with Crippen LogP contribution in [0.3, 0.4) is 0 Å². The Balaban J connectivity index is 1.88. The van der Waals surface area contributed by atoms with Gasteiger partial charge in [0, 0.05) is 36.1 Å². The van der Waals surface area contributed by atoms with Crippen LogP contribution in [0.25, 0.3) is 0 Å². The molecule has 0 aliphatic carbocycles. The number of rotatable bonds is 6. The first kappa shape index (κ1) is 18.3. The molecule has 1 atom stereocenters. The average Bonchev–Trinajstić information content (AvgIpc) is 3.23. The summed E-state index contributed by atoms with van der Waals surface area (Å²) in [5.41, 5.74) is 2.57. The maximum absolute atomic E-state index is 12.5. The highest BCUT2D eigenvalue weighted by atomic mass is 16.5. The molecule has 138 valence electrons. The quantitative estimate of drug-likeness (QED) is 0.863. The molecule has 2 aromatic rings. The van der Waals surface area contributed by atoms with Crippen molar-refractivity contribution in [2.45, 2.75) is 25.8 Å². The van der Waals surface area contributed by atoms with Gasteiger partial charge in [0.15, 0.2) is 0 Å². The molecule has 5 heteroatoms. The number of anilines is 2. The molecule has 0 bridgehead atoms. The number of methoxy groups -OCH3 is 1. The van der Waals surface area contributed by atoms with Crippen molar-refractivity contribution in [3.8, 4) is 5.75 Å². The zero-order valence-electron chi connectivity index (χ0n) is 15.4. The fourth-order valence-corrected chi connectivity index (χ4v) is 3.37. The van der Waals surface area contributed by atoms with E-state index in [1.807, 2.05) is 65.3 Å². The first-order valence-corrected chi connectivity index (χ1v) is 9.07. The Hall–Kier alpha value is -2.53. The van der Waals surface area contributed by atoms with Gasteiger partial charge in [0.1, 0.15) is 5.75 Å². The van der Waals surface area contributed by atoms with Gasteiger partial charge in [0.25, 0.3) is 5.91 Å². The Labute approximate surface area is 154 Å². The lowest BCUT2D eigenvalue weighted by atomic mass is 10.1. The third-order valence-corrected chi connectivity index (χ3v) is 4.82. The third kappa shape index (κ3) is 3.83. The van der Waals surface area contributed by atoms with Crippen LogP contribution in [0.4, 0.5) is 11.4 Å². The summed E-state index contributed by atoms with van der Waals surface area (Å²) in [6.45, 7) is 3.67. The molecule has 0 aromatic heterocycles. The van der Waals surface area contributed by atoms with Gasteiger partial charge in [0.05, 0.1) is 19.8 Å². The van der Waals surface area contributed by atoms with Gasteiger partial charge in [-0.05, 0) is 56.2 Å². The Morgan fingerprint density at radius 1 is 1.15 bits per heavy atom. The molecule has 1 aliphatic heterocycles. The van der Waals surface area contributed by atoms with E-state index in [2.05, 4.69) is 0 Å². The summed E-state index contributed by atoms with van der Waals surface area (Å²) in [6.07, 6.45) is 2.17. The first-order valence-electron chi connectivity index (χ1n) is 9.07. The van der Waals surface area contributed by atoms with E-state index in [0.29, 0.717) is 5.56 Å². The first-order chi connectivity index (χ1) is 12.6. The second kappa shape index (κ2) is 8.23. The van der Waals surface area contributed by atoms with Crippen LogP contribution in [-0.2, 0) is 0 Å². The summed E-state index contributed by atoms with van der Waals surface area (Å²) >= 11 is 0. The SMILES string of the molecule is COc1cccc(N(c2ccc(C(=O)N3CCCC3)cc2)C(C)CO)c1. The zero-order valence-corrected chi connectivity index (χ0v) is 15.4. The topological polar surface area (TPSA) is 53.0 Å². The van der Waals surface area contributed by atoms with Gasteiger partial charge in [-0.15, -0.1) is 0 Å². The molecule has 0 saturated carbocycles. The van der Waals surface area contributed by atoms with Gasteiger partial charge in [0.2, 0.25) is 0 Å². The highest BCUT2D eigenvalue weighted by Crippen LogP contribution is 2.31. The number of aliphatic hydroxyl groups is 1. The van der Waals surface area contributed by atoms with Gasteiger partial charge in [-0.3, -0.25) is 4.79 Å². The molecule has 1 saturated heterocycles. The molecule has 0 spiro atoms. The lowest BCUT2D eigenvalue weighted by Crippen LogP contribution is -2.31. The highest BCUT2D eigenvalue weighted by molar-refractivity contribution is 5.94. The van der Waals surface area contributed by atoms with Crippen molar-refractivity contribution in [3.05, 3.63) is 54.1 Å². The van der Waals surface area contributed by atoms with E-state index in [0.717, 1.165) is 43.1 Å². The Bertz CT molecular complexity index is 739. The molecule has 1 unspecified atom stereocenters. The normalized spacial score (nSPS) is 15.0. The van der Waals surface area contributed by atoms with Crippen molar-refractivity contribution in [3.63, 3.8) is 0 Å². The highest BCUT2D eigenvalue weighted by Gasteiger charge is 2.21. The van der Waals surface area contributed by atoms with E-state index in [1.54, 1.807) is 7.11 Å². The second-order valence-electron chi connectivity index (χ2n) is 6.65. The molecular weight excluding hydrogens is 328 g/mol. The summed E-state index contributed by atoms with van der Waals surface area (Å²) in [6, 6.07) is 15.2. The minimum atomic E-state index is -0.109. The largest absolute Gasteiger partial charge is 0.497 e. The van der Waals surface area contributed by atoms with Crippen LogP contribution in [0.2, 0.25) is 0 Å². The van der Waals surface area contributed by atoms with Crippen LogP contribution in [-0.4, -0.2) is 48.8 Å². The summed E-state index contributed by atoms with van der Waals surface area (Å²) in [7, 11) is 1.64. The van der Waals surface area contributed by atoms with Gasteiger partial charge >= 0.3 is 0 Å². The van der Waals surface area contributed by atoms with Crippen LogP contribution in [0.5, 0.6) is 5.75 Å². The smallest absolute Gasteiger partial charge is 0.253 e. The van der Waals surface area contributed by atoms with Crippen molar-refractivity contribution >= 4 is 17.3 Å². The number of carbonyl (C=O) groups is 1. The van der Waals surface area contributed by atoms with Gasteiger partial charge in [-0.2, -0.15) is 0 Å². The number of nitrogens with zero attached hydrogens (tertiary/aromatic N) is 2. The number of hydrogen-bond donors (Lipinski definition) is 1. The molecule has 1 heterocycles. The Kier molecular flexibility index (Phi) is 5.78. The molecular formula is C21H26N2O3. The second-order valence-corrected chi connectivity index (χ2v) is 6.65. The maximum atomic E-state index is 12.5. The molecule has 1 fully saturated rings. The molecule has 1 N–H and O–H groups in total. The van der Waals surface area contributed by atoms with Gasteiger partial charge in [-0.25, -0.2) is 0 Å². The summed E-state index contributed by atoms with van der Waals surface area (Å²) < 4.78 is 5.32. The standard InChI is InChI=1S/C21H26N2O3/c1-16(15-24)23(19-6-5-7-20(14-19)26-2)18-10-8-17(9-11-18)21(25)22-12-3-4-13-22/h5-11,14,16,24H,3-4,12-13,15H2,1-2H3. The van der Waals surface area contributed by atoms with Crippen molar-refractivity contribution in [2.24, 2.45) is 0 Å². The minimum absolute atomic E-state index is 0.0195. The van der Waals surface area contributed by atoms with E-state index in [-0.39, 0.29) is 18.6 Å². The summed E-state index contributed by atoms with van der Waals surface area (Å²) in [5, 5.41) is 9.71. The number of amides is 1. The average molecular weight is 354 g/mol. The van der Waals surface area contributed by atoms with Gasteiger partial charge in [-0.1, -0.05) is 6.07 Å². The number of benzene rings is 2. The summed E-state index contributed by atoms with van der Waals surface area (Å²) in [5.74, 6) is 0.857. The minimum Gasteiger partial charge on any atom is -0.497 e. The lowest BCUT2D eigenvalue weighted by molar-refractivity contribution is 0.0793. The van der Waals surface area contributed by atoms with E-state index in [9.17, 15) is 9.90 Å². The monoisotopic (exact) mass is 354 g/mol. The molecule has 2 aromatic carbocycles. The molecule has 3 rings (SSSR count). The molecule has 26 heavy (non-hydrogen) atoms. The summed E-state index contributed by atoms with van der Waals surface area (Å²) in [4.78, 5) is 16.5. The number of hydrogen-bond acceptors (Lipinski definition) is 4. The maximum Gasteiger partial charge on any atom is 0.253 e. The van der Waals surface area contributed by atoms with E-state index in [1.165, 1.54) is 0 Å². The predicted molar refractivity (Wildman–Crippen MR) is 103 cm³/mol. The third-order valence-electron chi connectivity index (χ3n) is 4.82. The fraction of sp³-hybridized carbons (Fsp3) is 0.381. The molecule has 5 nitrogen and oxygen atoms in total. The van der Waals surface area contributed by atoms with Crippen LogP contribution >= 0.6 is 0 Å². The number of carbonyl (C=O) groups excluding carboxylic acids is 1. The van der Waals surface area contributed by atoms with Crippen molar-refractivity contribution in [2.75, 3.05) is 31.7 Å². The van der Waals surface area contributed by atoms with Crippen LogP contribution < -0.4 is 9.64 Å². The fourth-order valence-electron chi connectivity index (χ4n) is 3.37. The Morgan fingerprint density at radius 2 is 1.85 bits per heavy atom. The molecule has 1 aliphatic rings. The van der Waals surface area contributed by atoms with Crippen molar-refractivity contribution < 1.29 is 14.6 Å². The number of ether oxygens (including phenoxy) is 1. The van der Waals surface area contributed by atoms with Crippen LogP contribution in [0.1, 0.15) is 30.1 Å². The number of aliphatic hydroxyl groups excluding tert-OH is 1. The Morgan fingerprint density at radius 3 is 2.46 bits per heavy atom. The van der Waals surface area contributed by atoms with E-state index >= 15 is 0 Å². The van der Waals surface area contributed by atoms with Crippen LogP contribution in [0.15, 0.2) is 48.5 Å². The van der Waals surface area contributed by atoms with Crippen LogP contribution in [0, 0.1) is 0 Å².